The molecule has 0 aliphatic carbocycles. The van der Waals surface area contributed by atoms with Gasteiger partial charge in [0.2, 0.25) is 0 Å². The molecule has 0 atom stereocenters. The smallest absolute Gasteiger partial charge is 0.325 e. The molecule has 0 unspecified atom stereocenters. The van der Waals surface area contributed by atoms with Crippen LogP contribution in [0.25, 0.3) is 17.0 Å². The highest BCUT2D eigenvalue weighted by atomic mass is 32.2. The molecule has 1 fully saturated rings. The van der Waals surface area contributed by atoms with E-state index in [9.17, 15) is 9.36 Å². The lowest BCUT2D eigenvalue weighted by atomic mass is 10.1. The Balaban J connectivity index is 1.62. The van der Waals surface area contributed by atoms with Crippen LogP contribution in [0.5, 0.6) is 0 Å². The fourth-order valence-corrected chi connectivity index (χ4v) is 4.75. The molecule has 9 heteroatoms. The van der Waals surface area contributed by atoms with Gasteiger partial charge in [0.15, 0.2) is 0 Å². The van der Waals surface area contributed by atoms with Gasteiger partial charge in [0, 0.05) is 35.4 Å². The number of carbonyl (C=O) groups excluding carboxylic acids is 1. The van der Waals surface area contributed by atoms with E-state index in [1.807, 2.05) is 36.5 Å². The molecular formula is C17H19N2O4PS2. The number of rotatable bonds is 7. The Hall–Kier alpha value is -1.44. The highest BCUT2D eigenvalue weighted by Crippen LogP contribution is 2.36. The SMILES string of the molecule is O=C1/C(=C/c2c[nH]c3ccccc23)SC(=S)N1CCCCCP(=O)(O)O. The van der Waals surface area contributed by atoms with Gasteiger partial charge in [-0.05, 0) is 25.0 Å². The van der Waals surface area contributed by atoms with Crippen molar-refractivity contribution in [3.63, 3.8) is 0 Å². The molecule has 3 rings (SSSR count). The molecule has 0 bridgehead atoms. The molecule has 3 N–H and O–H groups in total. The predicted molar refractivity (Wildman–Crippen MR) is 109 cm³/mol. The number of benzene rings is 1. The predicted octanol–water partition coefficient (Wildman–Crippen LogP) is 3.72. The van der Waals surface area contributed by atoms with Crippen LogP contribution in [-0.4, -0.2) is 42.6 Å². The number of unbranched alkanes of at least 4 members (excludes halogenated alkanes) is 2. The minimum absolute atomic E-state index is 0.111. The molecule has 1 aromatic carbocycles. The minimum Gasteiger partial charge on any atom is -0.361 e. The van der Waals surface area contributed by atoms with Gasteiger partial charge in [0.1, 0.15) is 4.32 Å². The van der Waals surface area contributed by atoms with Crippen LogP contribution in [0.15, 0.2) is 35.4 Å². The summed E-state index contributed by atoms with van der Waals surface area (Å²) in [6, 6.07) is 7.89. The molecule has 0 radical (unpaired) electrons. The van der Waals surface area contributed by atoms with Gasteiger partial charge in [0.05, 0.1) is 4.91 Å². The summed E-state index contributed by atoms with van der Waals surface area (Å²) < 4.78 is 11.4. The molecule has 2 aromatic rings. The van der Waals surface area contributed by atoms with Crippen LogP contribution in [0, 0.1) is 0 Å². The van der Waals surface area contributed by atoms with Crippen LogP contribution < -0.4 is 0 Å². The number of carbonyl (C=O) groups is 1. The summed E-state index contributed by atoms with van der Waals surface area (Å²) in [5.41, 5.74) is 1.96. The number of aromatic nitrogens is 1. The number of amides is 1. The summed E-state index contributed by atoms with van der Waals surface area (Å²) in [5, 5.41) is 1.05. The zero-order chi connectivity index (χ0) is 18.7. The first-order valence-corrected chi connectivity index (χ1v) is 11.2. The van der Waals surface area contributed by atoms with Gasteiger partial charge in [-0.3, -0.25) is 14.3 Å². The van der Waals surface area contributed by atoms with Crippen molar-refractivity contribution in [3.05, 3.63) is 40.9 Å². The topological polar surface area (TPSA) is 93.6 Å². The summed E-state index contributed by atoms with van der Waals surface area (Å²) in [6.45, 7) is 0.469. The third kappa shape index (κ3) is 4.64. The van der Waals surface area contributed by atoms with E-state index >= 15 is 0 Å². The fraction of sp³-hybridized carbons (Fsp3) is 0.294. The number of nitrogens with zero attached hydrogens (tertiary/aromatic N) is 1. The summed E-state index contributed by atoms with van der Waals surface area (Å²) in [7, 11) is -3.94. The molecule has 1 saturated heterocycles. The zero-order valence-corrected chi connectivity index (χ0v) is 16.4. The molecular weight excluding hydrogens is 391 g/mol. The van der Waals surface area contributed by atoms with Crippen LogP contribution in [0.2, 0.25) is 0 Å². The Morgan fingerprint density at radius 2 is 2.00 bits per heavy atom. The molecule has 6 nitrogen and oxygen atoms in total. The number of aromatic amines is 1. The van der Waals surface area contributed by atoms with Gasteiger partial charge in [0.25, 0.3) is 5.91 Å². The van der Waals surface area contributed by atoms with Crippen molar-refractivity contribution in [1.29, 1.82) is 0 Å². The molecule has 1 aliphatic rings. The first-order chi connectivity index (χ1) is 12.3. The molecule has 1 aliphatic heterocycles. The van der Waals surface area contributed by atoms with Crippen LogP contribution in [0.3, 0.4) is 0 Å². The van der Waals surface area contributed by atoms with Gasteiger partial charge < -0.3 is 14.8 Å². The lowest BCUT2D eigenvalue weighted by Crippen LogP contribution is -2.29. The molecule has 1 amide bonds. The Morgan fingerprint density at radius 3 is 2.77 bits per heavy atom. The molecule has 26 heavy (non-hydrogen) atoms. The second-order valence-electron chi connectivity index (χ2n) is 6.07. The van der Waals surface area contributed by atoms with Gasteiger partial charge >= 0.3 is 7.60 Å². The number of fused-ring (bicyclic) bond motifs is 1. The van der Waals surface area contributed by atoms with Crippen molar-refractivity contribution in [2.45, 2.75) is 19.3 Å². The van der Waals surface area contributed by atoms with Gasteiger partial charge in [-0.15, -0.1) is 0 Å². The highest BCUT2D eigenvalue weighted by molar-refractivity contribution is 8.26. The average molecular weight is 410 g/mol. The molecule has 1 aromatic heterocycles. The number of thiocarbonyl (C=S) groups is 1. The van der Waals surface area contributed by atoms with E-state index in [0.29, 0.717) is 35.0 Å². The second kappa shape index (κ2) is 8.06. The van der Waals surface area contributed by atoms with Crippen LogP contribution >= 0.6 is 31.6 Å². The maximum atomic E-state index is 12.6. The molecule has 2 heterocycles. The van der Waals surface area contributed by atoms with Crippen molar-refractivity contribution in [2.24, 2.45) is 0 Å². The van der Waals surface area contributed by atoms with E-state index in [-0.39, 0.29) is 12.1 Å². The van der Waals surface area contributed by atoms with E-state index < -0.39 is 7.60 Å². The third-order valence-corrected chi connectivity index (χ3v) is 6.39. The van der Waals surface area contributed by atoms with Crippen molar-refractivity contribution >= 4 is 58.8 Å². The maximum absolute atomic E-state index is 12.6. The number of para-hydroxylation sites is 1. The first-order valence-electron chi connectivity index (χ1n) is 8.21. The van der Waals surface area contributed by atoms with E-state index in [0.717, 1.165) is 16.5 Å². The number of thioether (sulfide) groups is 1. The largest absolute Gasteiger partial charge is 0.361 e. The third-order valence-electron chi connectivity index (χ3n) is 4.11. The van der Waals surface area contributed by atoms with Gasteiger partial charge in [-0.2, -0.15) is 0 Å². The zero-order valence-electron chi connectivity index (χ0n) is 13.9. The number of nitrogens with one attached hydrogen (secondary N) is 1. The molecule has 0 saturated carbocycles. The lowest BCUT2D eigenvalue weighted by Gasteiger charge is -2.14. The van der Waals surface area contributed by atoms with Crippen molar-refractivity contribution in [1.82, 2.24) is 9.88 Å². The quantitative estimate of drug-likeness (QED) is 0.279. The minimum atomic E-state index is -3.94. The summed E-state index contributed by atoms with van der Waals surface area (Å²) >= 11 is 6.61. The standard InChI is InChI=1S/C17H19N2O4PS2/c20-16-15(10-12-11-18-14-7-3-2-6-13(12)14)26-17(25)19(16)8-4-1-5-9-24(21,22)23/h2-3,6-7,10-11,18H,1,4-5,8-9H2,(H2,21,22,23)/b15-10-. The Labute approximate surface area is 160 Å². The second-order valence-corrected chi connectivity index (χ2v) is 9.52. The maximum Gasteiger partial charge on any atom is 0.325 e. The average Bonchev–Trinajstić information content (AvgIpc) is 3.10. The first kappa shape index (κ1) is 19.3. The van der Waals surface area contributed by atoms with E-state index in [2.05, 4.69) is 4.98 Å². The Morgan fingerprint density at radius 1 is 1.23 bits per heavy atom. The van der Waals surface area contributed by atoms with E-state index in [1.165, 1.54) is 11.8 Å². The summed E-state index contributed by atoms with van der Waals surface area (Å²) in [4.78, 5) is 35.7. The van der Waals surface area contributed by atoms with Crippen molar-refractivity contribution < 1.29 is 19.1 Å². The number of hydrogen-bond acceptors (Lipinski definition) is 4. The summed E-state index contributed by atoms with van der Waals surface area (Å²) in [6.07, 6.45) is 5.35. The fourth-order valence-electron chi connectivity index (χ4n) is 2.81. The normalized spacial score (nSPS) is 17.0. The highest BCUT2D eigenvalue weighted by Gasteiger charge is 2.31. The Kier molecular flexibility index (Phi) is 5.99. The monoisotopic (exact) mass is 410 g/mol. The molecule has 0 spiro atoms. The summed E-state index contributed by atoms with van der Waals surface area (Å²) in [5.74, 6) is -0.111. The van der Waals surface area contributed by atoms with Crippen molar-refractivity contribution in [2.75, 3.05) is 12.7 Å². The lowest BCUT2D eigenvalue weighted by molar-refractivity contribution is -0.122. The van der Waals surface area contributed by atoms with E-state index in [4.69, 9.17) is 22.0 Å². The van der Waals surface area contributed by atoms with Crippen LogP contribution in [-0.2, 0) is 9.36 Å². The van der Waals surface area contributed by atoms with Crippen molar-refractivity contribution in [3.8, 4) is 0 Å². The van der Waals surface area contributed by atoms with Crippen LogP contribution in [0.1, 0.15) is 24.8 Å². The number of hydrogen-bond donors (Lipinski definition) is 3. The van der Waals surface area contributed by atoms with E-state index in [1.54, 1.807) is 4.90 Å². The number of H-pyrrole nitrogens is 1. The van der Waals surface area contributed by atoms with Crippen LogP contribution in [0.4, 0.5) is 0 Å². The molecule has 138 valence electrons. The van der Waals surface area contributed by atoms with Gasteiger partial charge in [-0.1, -0.05) is 48.6 Å². The Bertz CT molecular complexity index is 918. The van der Waals surface area contributed by atoms with Gasteiger partial charge in [-0.25, -0.2) is 0 Å².